The molecule has 22 heavy (non-hydrogen) atoms. The molecule has 0 aromatic rings. The van der Waals surface area contributed by atoms with Crippen LogP contribution in [0.4, 0.5) is 0 Å². The quantitative estimate of drug-likeness (QED) is 0.748. The fraction of sp³-hybridized carbons (Fsp3) is 0.789. The van der Waals surface area contributed by atoms with Crippen LogP contribution in [-0.2, 0) is 9.59 Å². The maximum atomic E-state index is 12.4. The van der Waals surface area contributed by atoms with Crippen molar-refractivity contribution in [1.82, 2.24) is 0 Å². The Morgan fingerprint density at radius 1 is 1.05 bits per heavy atom. The molecule has 0 radical (unpaired) electrons. The van der Waals surface area contributed by atoms with Crippen molar-refractivity contribution < 1.29 is 14.7 Å². The number of aliphatic hydroxyl groups excluding tert-OH is 1. The third-order valence-electron chi connectivity index (χ3n) is 7.69. The molecular formula is C19H26O3. The highest BCUT2D eigenvalue weighted by molar-refractivity contribution is 5.92. The Labute approximate surface area is 132 Å². The highest BCUT2D eigenvalue weighted by Gasteiger charge is 2.60. The maximum Gasteiger partial charge on any atom is 0.155 e. The Morgan fingerprint density at radius 2 is 1.77 bits per heavy atom. The van der Waals surface area contributed by atoms with Gasteiger partial charge in [-0.25, -0.2) is 0 Å². The summed E-state index contributed by atoms with van der Waals surface area (Å²) in [4.78, 5) is 24.2. The largest absolute Gasteiger partial charge is 0.389 e. The molecule has 3 nitrogen and oxygen atoms in total. The van der Waals surface area contributed by atoms with Crippen molar-refractivity contribution in [2.75, 3.05) is 0 Å². The van der Waals surface area contributed by atoms with Crippen LogP contribution in [0.3, 0.4) is 0 Å². The summed E-state index contributed by atoms with van der Waals surface area (Å²) in [5, 5.41) is 10.7. The number of carbonyl (C=O) groups is 2. The zero-order valence-electron chi connectivity index (χ0n) is 13.6. The van der Waals surface area contributed by atoms with Crippen LogP contribution in [0.25, 0.3) is 0 Å². The summed E-state index contributed by atoms with van der Waals surface area (Å²) in [6, 6.07) is 0. The molecule has 0 aliphatic heterocycles. The van der Waals surface area contributed by atoms with Gasteiger partial charge in [0.25, 0.3) is 0 Å². The number of carbonyl (C=O) groups excluding carboxylic acids is 2. The van der Waals surface area contributed by atoms with Crippen LogP contribution in [0.5, 0.6) is 0 Å². The summed E-state index contributed by atoms with van der Waals surface area (Å²) < 4.78 is 0. The molecule has 0 heterocycles. The summed E-state index contributed by atoms with van der Waals surface area (Å²) in [5.74, 6) is 2.01. The van der Waals surface area contributed by atoms with E-state index in [2.05, 4.69) is 13.8 Å². The van der Waals surface area contributed by atoms with E-state index in [9.17, 15) is 14.7 Å². The molecule has 0 saturated heterocycles. The molecule has 0 aromatic carbocycles. The second kappa shape index (κ2) is 4.53. The van der Waals surface area contributed by atoms with Gasteiger partial charge in [-0.3, -0.25) is 9.59 Å². The lowest BCUT2D eigenvalue weighted by atomic mass is 9.47. The van der Waals surface area contributed by atoms with Crippen LogP contribution >= 0.6 is 0 Å². The molecule has 3 heteroatoms. The van der Waals surface area contributed by atoms with Crippen molar-refractivity contribution in [3.63, 3.8) is 0 Å². The highest BCUT2D eigenvalue weighted by atomic mass is 16.3. The van der Waals surface area contributed by atoms with Gasteiger partial charge in [0, 0.05) is 18.3 Å². The van der Waals surface area contributed by atoms with Crippen LogP contribution in [0.2, 0.25) is 0 Å². The first-order chi connectivity index (χ1) is 10.4. The molecule has 3 fully saturated rings. The minimum absolute atomic E-state index is 0.0385. The number of Topliss-reactive ketones (excluding diaryl/α,β-unsaturated/α-hetero) is 1. The molecule has 6 unspecified atom stereocenters. The van der Waals surface area contributed by atoms with Gasteiger partial charge in [-0.05, 0) is 66.9 Å². The van der Waals surface area contributed by atoms with Crippen LogP contribution in [0.1, 0.15) is 58.8 Å². The van der Waals surface area contributed by atoms with Crippen molar-refractivity contribution in [3.05, 3.63) is 11.6 Å². The maximum absolute atomic E-state index is 12.4. The number of aliphatic hydroxyl groups is 1. The zero-order valence-corrected chi connectivity index (χ0v) is 13.6. The van der Waals surface area contributed by atoms with Gasteiger partial charge >= 0.3 is 0 Å². The number of fused-ring (bicyclic) bond motifs is 5. The lowest BCUT2D eigenvalue weighted by Crippen LogP contribution is -2.54. The van der Waals surface area contributed by atoms with Crippen molar-refractivity contribution in [2.45, 2.75) is 64.9 Å². The predicted octanol–water partition coefficient (Wildman–Crippen LogP) is 3.06. The fourth-order valence-corrected chi connectivity index (χ4v) is 6.38. The minimum atomic E-state index is -0.492. The predicted molar refractivity (Wildman–Crippen MR) is 83.1 cm³/mol. The number of ketones is 2. The molecule has 3 saturated carbocycles. The van der Waals surface area contributed by atoms with E-state index in [1.807, 2.05) is 0 Å². The second-order valence-electron chi connectivity index (χ2n) is 8.53. The third kappa shape index (κ3) is 1.72. The van der Waals surface area contributed by atoms with Crippen molar-refractivity contribution in [2.24, 2.45) is 28.6 Å². The lowest BCUT2D eigenvalue weighted by Gasteiger charge is -2.58. The lowest BCUT2D eigenvalue weighted by molar-refractivity contribution is -0.134. The highest BCUT2D eigenvalue weighted by Crippen LogP contribution is 2.64. The van der Waals surface area contributed by atoms with E-state index < -0.39 is 6.10 Å². The van der Waals surface area contributed by atoms with Gasteiger partial charge in [-0.2, -0.15) is 0 Å². The summed E-state index contributed by atoms with van der Waals surface area (Å²) in [7, 11) is 0. The summed E-state index contributed by atoms with van der Waals surface area (Å²) >= 11 is 0. The Balaban J connectivity index is 1.74. The molecule has 0 bridgehead atoms. The molecule has 120 valence electrons. The van der Waals surface area contributed by atoms with Crippen LogP contribution in [-0.4, -0.2) is 22.8 Å². The Morgan fingerprint density at radius 3 is 2.55 bits per heavy atom. The van der Waals surface area contributed by atoms with E-state index in [4.69, 9.17) is 0 Å². The Bertz CT molecular complexity index is 577. The average molecular weight is 302 g/mol. The Kier molecular flexibility index (Phi) is 3.01. The number of rotatable bonds is 0. The first kappa shape index (κ1) is 14.6. The van der Waals surface area contributed by atoms with Gasteiger partial charge in [-0.15, -0.1) is 0 Å². The molecule has 6 atom stereocenters. The van der Waals surface area contributed by atoms with E-state index in [0.29, 0.717) is 30.0 Å². The Hall–Kier alpha value is -0.960. The van der Waals surface area contributed by atoms with E-state index in [1.54, 1.807) is 6.08 Å². The van der Waals surface area contributed by atoms with Gasteiger partial charge in [0.05, 0.1) is 6.10 Å². The van der Waals surface area contributed by atoms with E-state index in [-0.39, 0.29) is 16.6 Å². The second-order valence-corrected chi connectivity index (χ2v) is 8.53. The molecular weight excluding hydrogens is 276 g/mol. The minimum Gasteiger partial charge on any atom is -0.389 e. The molecule has 0 amide bonds. The normalized spacial score (nSPS) is 51.0. The topological polar surface area (TPSA) is 54.4 Å². The van der Waals surface area contributed by atoms with Crippen LogP contribution < -0.4 is 0 Å². The summed E-state index contributed by atoms with van der Waals surface area (Å²) in [6.07, 6.45) is 7.24. The third-order valence-corrected chi connectivity index (χ3v) is 7.69. The van der Waals surface area contributed by atoms with E-state index >= 15 is 0 Å². The first-order valence-electron chi connectivity index (χ1n) is 8.82. The summed E-state index contributed by atoms with van der Waals surface area (Å²) in [5.41, 5.74) is 0.796. The number of hydrogen-bond acceptors (Lipinski definition) is 3. The molecule has 4 rings (SSSR count). The van der Waals surface area contributed by atoms with Gasteiger partial charge in [-0.1, -0.05) is 13.8 Å². The fourth-order valence-electron chi connectivity index (χ4n) is 6.38. The molecule has 1 N–H and O–H groups in total. The van der Waals surface area contributed by atoms with E-state index in [1.165, 1.54) is 0 Å². The smallest absolute Gasteiger partial charge is 0.155 e. The van der Waals surface area contributed by atoms with Gasteiger partial charge in [0.15, 0.2) is 5.78 Å². The molecule has 4 aliphatic carbocycles. The molecule has 4 aliphatic rings. The molecule has 0 spiro atoms. The van der Waals surface area contributed by atoms with Gasteiger partial charge in [0.1, 0.15) is 5.78 Å². The van der Waals surface area contributed by atoms with Gasteiger partial charge in [0.2, 0.25) is 0 Å². The van der Waals surface area contributed by atoms with Crippen molar-refractivity contribution >= 4 is 11.6 Å². The van der Waals surface area contributed by atoms with Crippen LogP contribution in [0.15, 0.2) is 11.6 Å². The molecule has 0 aromatic heterocycles. The van der Waals surface area contributed by atoms with E-state index in [0.717, 1.165) is 44.1 Å². The van der Waals surface area contributed by atoms with Crippen LogP contribution in [0, 0.1) is 28.6 Å². The van der Waals surface area contributed by atoms with Gasteiger partial charge < -0.3 is 5.11 Å². The summed E-state index contributed by atoms with van der Waals surface area (Å²) in [6.45, 7) is 4.42. The average Bonchev–Trinajstić information content (AvgIpc) is 2.77. The first-order valence-corrected chi connectivity index (χ1v) is 8.82. The number of hydrogen-bond donors (Lipinski definition) is 1. The van der Waals surface area contributed by atoms with Crippen molar-refractivity contribution in [1.29, 1.82) is 0 Å². The standard InChI is InChI=1S/C19H26O3/c1-18-7-5-11(20)9-15(18)16(21)10-12-13-3-4-17(22)19(13,2)8-6-14(12)18/h9,12-14,16,21H,3-8,10H2,1-2H3. The zero-order chi connectivity index (χ0) is 15.7. The SMILES string of the molecule is CC12CCC3C(CC(O)C4=CC(=O)CCC43C)C1CCC2=O. The van der Waals surface area contributed by atoms with Crippen molar-refractivity contribution in [3.8, 4) is 0 Å². The monoisotopic (exact) mass is 302 g/mol.